The van der Waals surface area contributed by atoms with Crippen molar-refractivity contribution < 1.29 is 8.42 Å². The number of halogens is 2. The zero-order chi connectivity index (χ0) is 17.3. The summed E-state index contributed by atoms with van der Waals surface area (Å²) in [5.74, 6) is 0. The van der Waals surface area contributed by atoms with Crippen LogP contribution < -0.4 is 0 Å². The number of benzene rings is 1. The minimum absolute atomic E-state index is 0.142. The molecule has 0 bridgehead atoms. The van der Waals surface area contributed by atoms with Gasteiger partial charge in [-0.05, 0) is 25.1 Å². The lowest BCUT2D eigenvalue weighted by molar-refractivity contribution is 0.180. The molecule has 1 aliphatic heterocycles. The summed E-state index contributed by atoms with van der Waals surface area (Å²) in [6.45, 7) is 4.95. The van der Waals surface area contributed by atoms with Crippen LogP contribution in [0.3, 0.4) is 0 Å². The van der Waals surface area contributed by atoms with Gasteiger partial charge in [0, 0.05) is 48.1 Å². The van der Waals surface area contributed by atoms with Crippen LogP contribution in [0.4, 0.5) is 0 Å². The fraction of sp³-hybridized carbons (Fsp3) is 0.400. The highest BCUT2D eigenvalue weighted by Crippen LogP contribution is 2.25. The van der Waals surface area contributed by atoms with Gasteiger partial charge in [0.05, 0.1) is 15.6 Å². The lowest BCUT2D eigenvalue weighted by atomic mass is 10.3. The molecule has 0 atom stereocenters. The predicted octanol–water partition coefficient (Wildman–Crippen LogP) is 3.26. The maximum absolute atomic E-state index is 12.7. The Hall–Kier alpha value is -0.700. The first-order valence-electron chi connectivity index (χ1n) is 7.44. The molecule has 0 spiro atoms. The van der Waals surface area contributed by atoms with Crippen LogP contribution in [0.15, 0.2) is 28.5 Å². The Morgan fingerprint density at radius 2 is 1.75 bits per heavy atom. The molecule has 2 heterocycles. The van der Waals surface area contributed by atoms with Crippen molar-refractivity contribution in [3.8, 4) is 0 Å². The molecule has 1 aromatic carbocycles. The molecule has 0 aliphatic carbocycles. The van der Waals surface area contributed by atoms with Gasteiger partial charge in [0.25, 0.3) is 0 Å². The highest BCUT2D eigenvalue weighted by Gasteiger charge is 2.29. The SMILES string of the molecule is Cc1nc(CN2CCN(S(=O)(=O)c3cc(Cl)cc(Cl)c3)CC2)cs1. The number of nitrogens with zero attached hydrogens (tertiary/aromatic N) is 3. The summed E-state index contributed by atoms with van der Waals surface area (Å²) < 4.78 is 27.0. The van der Waals surface area contributed by atoms with Gasteiger partial charge < -0.3 is 0 Å². The Morgan fingerprint density at radius 3 is 2.29 bits per heavy atom. The van der Waals surface area contributed by atoms with E-state index in [1.54, 1.807) is 11.3 Å². The lowest BCUT2D eigenvalue weighted by Gasteiger charge is -2.33. The van der Waals surface area contributed by atoms with E-state index in [1.165, 1.54) is 22.5 Å². The van der Waals surface area contributed by atoms with Crippen molar-refractivity contribution in [2.24, 2.45) is 0 Å². The zero-order valence-electron chi connectivity index (χ0n) is 13.1. The maximum Gasteiger partial charge on any atom is 0.243 e. The van der Waals surface area contributed by atoms with E-state index in [0.717, 1.165) is 17.2 Å². The van der Waals surface area contributed by atoms with E-state index >= 15 is 0 Å². The summed E-state index contributed by atoms with van der Waals surface area (Å²) in [6, 6.07) is 4.40. The molecule has 24 heavy (non-hydrogen) atoms. The summed E-state index contributed by atoms with van der Waals surface area (Å²) in [6.07, 6.45) is 0. The third kappa shape index (κ3) is 4.09. The molecule has 2 aromatic rings. The first-order valence-corrected chi connectivity index (χ1v) is 10.5. The number of aryl methyl sites for hydroxylation is 1. The molecule has 1 aromatic heterocycles. The van der Waals surface area contributed by atoms with Crippen molar-refractivity contribution in [3.63, 3.8) is 0 Å². The number of piperazine rings is 1. The van der Waals surface area contributed by atoms with E-state index in [-0.39, 0.29) is 4.90 Å². The van der Waals surface area contributed by atoms with Gasteiger partial charge in [-0.3, -0.25) is 4.90 Å². The highest BCUT2D eigenvalue weighted by molar-refractivity contribution is 7.89. The molecule has 1 fully saturated rings. The number of aromatic nitrogens is 1. The highest BCUT2D eigenvalue weighted by atomic mass is 35.5. The average molecular weight is 406 g/mol. The van der Waals surface area contributed by atoms with Gasteiger partial charge in [-0.2, -0.15) is 4.31 Å². The van der Waals surface area contributed by atoms with Crippen LogP contribution in [0.1, 0.15) is 10.7 Å². The summed E-state index contributed by atoms with van der Waals surface area (Å²) >= 11 is 13.5. The third-order valence-electron chi connectivity index (χ3n) is 3.86. The monoisotopic (exact) mass is 405 g/mol. The molecule has 5 nitrogen and oxygen atoms in total. The van der Waals surface area contributed by atoms with Crippen molar-refractivity contribution in [1.29, 1.82) is 0 Å². The fourth-order valence-corrected chi connectivity index (χ4v) is 5.42. The second kappa shape index (κ2) is 7.27. The molecule has 0 unspecified atom stereocenters. The van der Waals surface area contributed by atoms with E-state index in [9.17, 15) is 8.42 Å². The third-order valence-corrected chi connectivity index (χ3v) is 6.99. The summed E-state index contributed by atoms with van der Waals surface area (Å²) in [5, 5.41) is 3.73. The van der Waals surface area contributed by atoms with E-state index in [1.807, 2.05) is 12.3 Å². The van der Waals surface area contributed by atoms with Gasteiger partial charge in [-0.15, -0.1) is 11.3 Å². The largest absolute Gasteiger partial charge is 0.295 e. The minimum Gasteiger partial charge on any atom is -0.295 e. The molecule has 0 N–H and O–H groups in total. The van der Waals surface area contributed by atoms with Crippen LogP contribution in [-0.4, -0.2) is 48.8 Å². The zero-order valence-corrected chi connectivity index (χ0v) is 16.2. The number of hydrogen-bond acceptors (Lipinski definition) is 5. The average Bonchev–Trinajstić information content (AvgIpc) is 2.92. The quantitative estimate of drug-likeness (QED) is 0.782. The number of thiazole rings is 1. The number of sulfonamides is 1. The maximum atomic E-state index is 12.7. The van der Waals surface area contributed by atoms with Crippen LogP contribution in [-0.2, 0) is 16.6 Å². The molecular formula is C15H17Cl2N3O2S2. The second-order valence-corrected chi connectivity index (χ2v) is 9.52. The number of hydrogen-bond donors (Lipinski definition) is 0. The molecule has 0 radical (unpaired) electrons. The Morgan fingerprint density at radius 1 is 1.12 bits per heavy atom. The predicted molar refractivity (Wildman–Crippen MR) is 97.3 cm³/mol. The van der Waals surface area contributed by atoms with Gasteiger partial charge in [-0.25, -0.2) is 13.4 Å². The molecular weight excluding hydrogens is 389 g/mol. The Bertz CT molecular complexity index is 811. The molecule has 130 valence electrons. The standard InChI is InChI=1S/C15H17Cl2N3O2S2/c1-11-18-14(10-23-11)9-19-2-4-20(5-3-19)24(21,22)15-7-12(16)6-13(17)8-15/h6-8,10H,2-5,9H2,1H3. The number of rotatable bonds is 4. The Kier molecular flexibility index (Phi) is 5.48. The van der Waals surface area contributed by atoms with Gasteiger partial charge in [0.15, 0.2) is 0 Å². The van der Waals surface area contributed by atoms with Crippen molar-refractivity contribution in [1.82, 2.24) is 14.2 Å². The fourth-order valence-electron chi connectivity index (χ4n) is 2.66. The van der Waals surface area contributed by atoms with Gasteiger partial charge in [-0.1, -0.05) is 23.2 Å². The van der Waals surface area contributed by atoms with Crippen LogP contribution in [0.5, 0.6) is 0 Å². The summed E-state index contributed by atoms with van der Waals surface area (Å²) in [4.78, 5) is 6.81. The van der Waals surface area contributed by atoms with Crippen LogP contribution in [0.2, 0.25) is 10.0 Å². The minimum atomic E-state index is -3.57. The van der Waals surface area contributed by atoms with Crippen molar-refractivity contribution in [2.45, 2.75) is 18.4 Å². The van der Waals surface area contributed by atoms with E-state index in [2.05, 4.69) is 9.88 Å². The second-order valence-electron chi connectivity index (χ2n) is 5.64. The molecule has 1 aliphatic rings. The van der Waals surface area contributed by atoms with Crippen molar-refractivity contribution in [2.75, 3.05) is 26.2 Å². The summed E-state index contributed by atoms with van der Waals surface area (Å²) in [5.41, 5.74) is 1.04. The molecule has 0 saturated carbocycles. The lowest BCUT2D eigenvalue weighted by Crippen LogP contribution is -2.48. The first kappa shape index (κ1) is 18.1. The topological polar surface area (TPSA) is 53.5 Å². The first-order chi connectivity index (χ1) is 11.3. The van der Waals surface area contributed by atoms with Crippen LogP contribution in [0, 0.1) is 6.92 Å². The van der Waals surface area contributed by atoms with E-state index < -0.39 is 10.0 Å². The van der Waals surface area contributed by atoms with Gasteiger partial charge in [0.1, 0.15) is 0 Å². The molecule has 0 amide bonds. The smallest absolute Gasteiger partial charge is 0.243 e. The van der Waals surface area contributed by atoms with Crippen LogP contribution in [0.25, 0.3) is 0 Å². The Labute approximate surface area is 155 Å². The molecule has 1 saturated heterocycles. The van der Waals surface area contributed by atoms with Crippen LogP contribution >= 0.6 is 34.5 Å². The molecule has 3 rings (SSSR count). The van der Waals surface area contributed by atoms with E-state index in [0.29, 0.717) is 36.2 Å². The normalized spacial score (nSPS) is 17.3. The molecule has 9 heteroatoms. The van der Waals surface area contributed by atoms with Gasteiger partial charge in [0.2, 0.25) is 10.0 Å². The van der Waals surface area contributed by atoms with E-state index in [4.69, 9.17) is 23.2 Å². The summed E-state index contributed by atoms with van der Waals surface area (Å²) in [7, 11) is -3.57. The Balaban J connectivity index is 1.67. The van der Waals surface area contributed by atoms with Crippen molar-refractivity contribution in [3.05, 3.63) is 44.3 Å². The van der Waals surface area contributed by atoms with Gasteiger partial charge >= 0.3 is 0 Å². The van der Waals surface area contributed by atoms with Crippen molar-refractivity contribution >= 4 is 44.6 Å².